The second-order valence-electron chi connectivity index (χ2n) is 8.46. The molecule has 2 aliphatic heterocycles. The Labute approximate surface area is 185 Å². The van der Waals surface area contributed by atoms with Crippen molar-refractivity contribution in [2.75, 3.05) is 19.6 Å². The molecule has 1 aromatic carbocycles. The number of urea groups is 1. The van der Waals surface area contributed by atoms with E-state index in [1.165, 1.54) is 6.20 Å². The lowest BCUT2D eigenvalue weighted by Crippen LogP contribution is -2.42. The van der Waals surface area contributed by atoms with Crippen LogP contribution in [-0.2, 0) is 17.4 Å². The Balaban J connectivity index is 1.29. The molecule has 168 valence electrons. The van der Waals surface area contributed by atoms with Crippen LogP contribution in [0.4, 0.5) is 4.79 Å². The van der Waals surface area contributed by atoms with E-state index >= 15 is 0 Å². The van der Waals surface area contributed by atoms with Crippen molar-refractivity contribution in [3.63, 3.8) is 0 Å². The second kappa shape index (κ2) is 8.45. The fourth-order valence-corrected chi connectivity index (χ4v) is 4.09. The van der Waals surface area contributed by atoms with Crippen LogP contribution in [0.1, 0.15) is 46.0 Å². The number of hydrogen-bond donors (Lipinski definition) is 3. The molecule has 5 amide bonds. The van der Waals surface area contributed by atoms with Gasteiger partial charge in [-0.05, 0) is 43.4 Å². The van der Waals surface area contributed by atoms with Gasteiger partial charge in [0.25, 0.3) is 17.7 Å². The van der Waals surface area contributed by atoms with Gasteiger partial charge in [-0.3, -0.25) is 24.4 Å². The maximum Gasteiger partial charge on any atom is 0.322 e. The fourth-order valence-electron chi connectivity index (χ4n) is 4.09. The molecule has 0 aliphatic carbocycles. The van der Waals surface area contributed by atoms with Gasteiger partial charge in [0, 0.05) is 38.4 Å². The number of amides is 5. The molecule has 2 aromatic rings. The minimum Gasteiger partial charge on any atom is -0.352 e. The van der Waals surface area contributed by atoms with Crippen molar-refractivity contribution in [1.29, 1.82) is 0 Å². The van der Waals surface area contributed by atoms with E-state index in [1.807, 2.05) is 0 Å². The van der Waals surface area contributed by atoms with Crippen LogP contribution in [0.25, 0.3) is 0 Å². The molecular formula is C22H26N6O4. The highest BCUT2D eigenvalue weighted by molar-refractivity contribution is 6.07. The minimum atomic E-state index is -1.14. The molecule has 1 unspecified atom stereocenters. The number of carbonyl (C=O) groups excluding carboxylic acids is 4. The summed E-state index contributed by atoms with van der Waals surface area (Å²) in [5.74, 6) is -0.317. The molecule has 0 spiro atoms. The van der Waals surface area contributed by atoms with Gasteiger partial charge in [-0.25, -0.2) is 4.79 Å². The second-order valence-corrected chi connectivity index (χ2v) is 8.46. The summed E-state index contributed by atoms with van der Waals surface area (Å²) in [5.41, 5.74) is 0.537. The van der Waals surface area contributed by atoms with Gasteiger partial charge in [0.15, 0.2) is 0 Å². The average molecular weight is 438 g/mol. The maximum absolute atomic E-state index is 12.9. The van der Waals surface area contributed by atoms with Crippen molar-refractivity contribution in [2.24, 2.45) is 13.0 Å². The molecule has 1 aromatic heterocycles. The molecule has 10 heteroatoms. The van der Waals surface area contributed by atoms with Crippen LogP contribution < -0.4 is 16.0 Å². The highest BCUT2D eigenvalue weighted by Crippen LogP contribution is 2.25. The number of likely N-dealkylation sites (tertiary alicyclic amines) is 1. The lowest BCUT2D eigenvalue weighted by Gasteiger charge is -2.32. The zero-order valence-electron chi connectivity index (χ0n) is 18.1. The standard InChI is InChI=1S/C22H26N6O4/c1-22(20(31)25-21(32)26-22)17-5-3-15(4-6-17)19(30)28-9-7-14(8-10-28)11-23-18(29)16-12-24-27(2)13-16/h3-6,12-14H,7-11H2,1-2H3,(H,23,29)(H2,25,26,31,32). The highest BCUT2D eigenvalue weighted by Gasteiger charge is 2.43. The Kier molecular flexibility index (Phi) is 5.68. The number of aryl methyl sites for hydroxylation is 1. The van der Waals surface area contributed by atoms with Crippen LogP contribution in [0, 0.1) is 5.92 Å². The number of hydrogen-bond acceptors (Lipinski definition) is 5. The Morgan fingerprint density at radius 2 is 1.84 bits per heavy atom. The number of nitrogens with zero attached hydrogens (tertiary/aromatic N) is 3. The number of aromatic nitrogens is 2. The molecule has 2 saturated heterocycles. The van der Waals surface area contributed by atoms with Crippen LogP contribution in [0.3, 0.4) is 0 Å². The lowest BCUT2D eigenvalue weighted by molar-refractivity contribution is -0.123. The van der Waals surface area contributed by atoms with E-state index in [4.69, 9.17) is 0 Å². The number of piperidine rings is 1. The highest BCUT2D eigenvalue weighted by atomic mass is 16.2. The smallest absolute Gasteiger partial charge is 0.322 e. The van der Waals surface area contributed by atoms with E-state index < -0.39 is 17.5 Å². The summed E-state index contributed by atoms with van der Waals surface area (Å²) in [4.78, 5) is 50.4. The first-order chi connectivity index (χ1) is 15.3. The van der Waals surface area contributed by atoms with E-state index in [1.54, 1.807) is 54.0 Å². The average Bonchev–Trinajstić information content (AvgIpc) is 3.34. The van der Waals surface area contributed by atoms with Crippen molar-refractivity contribution in [3.8, 4) is 0 Å². The third-order valence-corrected chi connectivity index (χ3v) is 6.17. The summed E-state index contributed by atoms with van der Waals surface area (Å²) >= 11 is 0. The Hall–Kier alpha value is -3.69. The third kappa shape index (κ3) is 4.20. The molecule has 0 bridgehead atoms. The molecular weight excluding hydrogens is 412 g/mol. The van der Waals surface area contributed by atoms with Gasteiger partial charge < -0.3 is 15.5 Å². The zero-order chi connectivity index (χ0) is 22.9. The van der Waals surface area contributed by atoms with Gasteiger partial charge in [0.1, 0.15) is 5.54 Å². The third-order valence-electron chi connectivity index (χ3n) is 6.17. The van der Waals surface area contributed by atoms with E-state index in [9.17, 15) is 19.2 Å². The van der Waals surface area contributed by atoms with Crippen molar-refractivity contribution in [3.05, 3.63) is 53.3 Å². The van der Waals surface area contributed by atoms with Gasteiger partial charge in [-0.15, -0.1) is 0 Å². The lowest BCUT2D eigenvalue weighted by atomic mass is 9.91. The number of carbonyl (C=O) groups is 4. The van der Waals surface area contributed by atoms with Crippen molar-refractivity contribution in [2.45, 2.75) is 25.3 Å². The summed E-state index contributed by atoms with van der Waals surface area (Å²) in [5, 5.41) is 11.8. The molecule has 1 atom stereocenters. The van der Waals surface area contributed by atoms with E-state index in [2.05, 4.69) is 21.0 Å². The Morgan fingerprint density at radius 1 is 1.16 bits per heavy atom. The molecule has 3 heterocycles. The van der Waals surface area contributed by atoms with Crippen LogP contribution in [0.15, 0.2) is 36.7 Å². The number of benzene rings is 1. The summed E-state index contributed by atoms with van der Waals surface area (Å²) in [6, 6.07) is 6.22. The monoisotopic (exact) mass is 438 g/mol. The predicted molar refractivity (Wildman–Crippen MR) is 115 cm³/mol. The molecule has 4 rings (SSSR count). The quantitative estimate of drug-likeness (QED) is 0.594. The molecule has 0 saturated carbocycles. The Morgan fingerprint density at radius 3 is 2.41 bits per heavy atom. The SMILES string of the molecule is Cn1cc(C(=O)NCC2CCN(C(=O)c3ccc(C4(C)NC(=O)NC4=O)cc3)CC2)cn1. The number of rotatable bonds is 5. The van der Waals surface area contributed by atoms with Crippen LogP contribution in [0.2, 0.25) is 0 Å². The topological polar surface area (TPSA) is 125 Å². The molecule has 2 fully saturated rings. The fraction of sp³-hybridized carbons (Fsp3) is 0.409. The van der Waals surface area contributed by atoms with Crippen molar-refractivity contribution >= 4 is 23.8 Å². The maximum atomic E-state index is 12.9. The Bertz CT molecular complexity index is 1050. The van der Waals surface area contributed by atoms with Crippen molar-refractivity contribution in [1.82, 2.24) is 30.6 Å². The first-order valence-electron chi connectivity index (χ1n) is 10.6. The summed E-state index contributed by atoms with van der Waals surface area (Å²) in [6.45, 7) is 3.42. The molecule has 32 heavy (non-hydrogen) atoms. The minimum absolute atomic E-state index is 0.0699. The number of nitrogens with one attached hydrogen (secondary N) is 3. The molecule has 3 N–H and O–H groups in total. The van der Waals surface area contributed by atoms with E-state index in [-0.39, 0.29) is 11.8 Å². The van der Waals surface area contributed by atoms with E-state index in [0.717, 1.165) is 12.8 Å². The van der Waals surface area contributed by atoms with Gasteiger partial charge in [-0.2, -0.15) is 5.10 Å². The van der Waals surface area contributed by atoms with Gasteiger partial charge >= 0.3 is 6.03 Å². The predicted octanol–water partition coefficient (Wildman–Crippen LogP) is 0.757. The summed E-state index contributed by atoms with van der Waals surface area (Å²) in [6.07, 6.45) is 4.83. The molecule has 10 nitrogen and oxygen atoms in total. The number of imide groups is 1. The molecule has 0 radical (unpaired) electrons. The van der Waals surface area contributed by atoms with Gasteiger partial charge in [0.05, 0.1) is 11.8 Å². The van der Waals surface area contributed by atoms with Gasteiger partial charge in [0.2, 0.25) is 0 Å². The largest absolute Gasteiger partial charge is 0.352 e. The van der Waals surface area contributed by atoms with Crippen molar-refractivity contribution < 1.29 is 19.2 Å². The summed E-state index contributed by atoms with van der Waals surface area (Å²) < 4.78 is 1.59. The van der Waals surface area contributed by atoms with E-state index in [0.29, 0.717) is 42.2 Å². The van der Waals surface area contributed by atoms with Crippen LogP contribution in [-0.4, -0.2) is 58.1 Å². The van der Waals surface area contributed by atoms with Crippen LogP contribution >= 0.6 is 0 Å². The normalized spacial score (nSPS) is 21.2. The van der Waals surface area contributed by atoms with Crippen LogP contribution in [0.5, 0.6) is 0 Å². The first-order valence-corrected chi connectivity index (χ1v) is 10.6. The summed E-state index contributed by atoms with van der Waals surface area (Å²) in [7, 11) is 1.76. The molecule has 2 aliphatic rings. The van der Waals surface area contributed by atoms with Gasteiger partial charge in [-0.1, -0.05) is 12.1 Å². The first kappa shape index (κ1) is 21.5. The zero-order valence-corrected chi connectivity index (χ0v) is 18.1.